The highest BCUT2D eigenvalue weighted by molar-refractivity contribution is 5.86. The Labute approximate surface area is 148 Å². The van der Waals surface area contributed by atoms with Gasteiger partial charge in [-0.15, -0.1) is 0 Å². The van der Waals surface area contributed by atoms with Crippen molar-refractivity contribution >= 4 is 23.7 Å². The number of hydrogen-bond donors (Lipinski definition) is 2. The molecule has 0 spiro atoms. The quantitative estimate of drug-likeness (QED) is 0.902. The minimum absolute atomic E-state index is 0.384. The second-order valence-corrected chi connectivity index (χ2v) is 6.81. The SMILES string of the molecule is Cc1cnc(N2CCCNCC2C)nc1Nc1ccc2c(c1)C=NC2. The lowest BCUT2D eigenvalue weighted by molar-refractivity contribution is 0.619. The number of aryl methyl sites for hydroxylation is 1. The maximum atomic E-state index is 4.82. The van der Waals surface area contributed by atoms with Crippen molar-refractivity contribution in [3.63, 3.8) is 0 Å². The van der Waals surface area contributed by atoms with Crippen LogP contribution in [0.4, 0.5) is 17.5 Å². The van der Waals surface area contributed by atoms with Gasteiger partial charge >= 0.3 is 0 Å². The summed E-state index contributed by atoms with van der Waals surface area (Å²) in [6, 6.07) is 6.73. The summed E-state index contributed by atoms with van der Waals surface area (Å²) in [5.41, 5.74) is 4.53. The highest BCUT2D eigenvalue weighted by Gasteiger charge is 2.20. The van der Waals surface area contributed by atoms with Gasteiger partial charge in [0.15, 0.2) is 0 Å². The van der Waals surface area contributed by atoms with Gasteiger partial charge in [-0.25, -0.2) is 4.98 Å². The van der Waals surface area contributed by atoms with Gasteiger partial charge in [0, 0.05) is 42.8 Å². The van der Waals surface area contributed by atoms with E-state index in [1.165, 1.54) is 11.1 Å². The zero-order valence-electron chi connectivity index (χ0n) is 14.8. The first-order valence-corrected chi connectivity index (χ1v) is 8.91. The van der Waals surface area contributed by atoms with E-state index in [1.54, 1.807) is 0 Å². The molecule has 25 heavy (non-hydrogen) atoms. The van der Waals surface area contributed by atoms with E-state index in [9.17, 15) is 0 Å². The largest absolute Gasteiger partial charge is 0.340 e. The molecule has 2 aromatic rings. The maximum absolute atomic E-state index is 4.82. The predicted molar refractivity (Wildman–Crippen MR) is 102 cm³/mol. The van der Waals surface area contributed by atoms with Crippen molar-refractivity contribution < 1.29 is 0 Å². The van der Waals surface area contributed by atoms with Crippen LogP contribution in [-0.4, -0.2) is 41.9 Å². The third-order valence-electron chi connectivity index (χ3n) is 4.84. The number of anilines is 3. The Morgan fingerprint density at radius 2 is 2.24 bits per heavy atom. The van der Waals surface area contributed by atoms with E-state index in [2.05, 4.69) is 50.6 Å². The van der Waals surface area contributed by atoms with Gasteiger partial charge < -0.3 is 15.5 Å². The lowest BCUT2D eigenvalue weighted by atomic mass is 10.1. The summed E-state index contributed by atoms with van der Waals surface area (Å²) in [7, 11) is 0. The lowest BCUT2D eigenvalue weighted by Crippen LogP contribution is -2.38. The molecule has 1 aromatic carbocycles. The zero-order chi connectivity index (χ0) is 17.2. The predicted octanol–water partition coefficient (Wildman–Crippen LogP) is 2.65. The van der Waals surface area contributed by atoms with Crippen LogP contribution >= 0.6 is 0 Å². The molecule has 2 aliphatic rings. The minimum atomic E-state index is 0.384. The Kier molecular flexibility index (Phi) is 4.36. The molecule has 2 aliphatic heterocycles. The molecule has 0 bridgehead atoms. The third kappa shape index (κ3) is 3.35. The van der Waals surface area contributed by atoms with Gasteiger partial charge in [-0.2, -0.15) is 4.98 Å². The van der Waals surface area contributed by atoms with Gasteiger partial charge in [0.2, 0.25) is 5.95 Å². The van der Waals surface area contributed by atoms with Gasteiger partial charge in [-0.3, -0.25) is 4.99 Å². The molecule has 0 saturated carbocycles. The summed E-state index contributed by atoms with van der Waals surface area (Å²) >= 11 is 0. The first-order valence-electron chi connectivity index (χ1n) is 8.91. The second kappa shape index (κ2) is 6.80. The van der Waals surface area contributed by atoms with Crippen LogP contribution in [0.5, 0.6) is 0 Å². The number of aromatic nitrogens is 2. The number of rotatable bonds is 3. The topological polar surface area (TPSA) is 65.4 Å². The third-order valence-corrected chi connectivity index (χ3v) is 4.84. The summed E-state index contributed by atoms with van der Waals surface area (Å²) in [6.07, 6.45) is 4.95. The van der Waals surface area contributed by atoms with Crippen molar-refractivity contribution in [3.05, 3.63) is 41.1 Å². The van der Waals surface area contributed by atoms with E-state index in [1.807, 2.05) is 19.3 Å². The van der Waals surface area contributed by atoms with Gasteiger partial charge in [-0.1, -0.05) is 6.07 Å². The first-order chi connectivity index (χ1) is 12.2. The minimum Gasteiger partial charge on any atom is -0.340 e. The number of hydrogen-bond acceptors (Lipinski definition) is 6. The maximum Gasteiger partial charge on any atom is 0.227 e. The highest BCUT2D eigenvalue weighted by Crippen LogP contribution is 2.25. The fraction of sp³-hybridized carbons (Fsp3) is 0.421. The Hall–Kier alpha value is -2.47. The van der Waals surface area contributed by atoms with Crippen molar-refractivity contribution in [3.8, 4) is 0 Å². The molecule has 1 fully saturated rings. The van der Waals surface area contributed by atoms with Gasteiger partial charge in [0.25, 0.3) is 0 Å². The fourth-order valence-corrected chi connectivity index (χ4v) is 3.33. The van der Waals surface area contributed by atoms with Crippen LogP contribution in [0.15, 0.2) is 29.4 Å². The van der Waals surface area contributed by atoms with Gasteiger partial charge in [0.1, 0.15) is 5.82 Å². The van der Waals surface area contributed by atoms with Crippen molar-refractivity contribution in [2.45, 2.75) is 32.9 Å². The van der Waals surface area contributed by atoms with E-state index in [-0.39, 0.29) is 0 Å². The molecule has 0 aliphatic carbocycles. The fourth-order valence-electron chi connectivity index (χ4n) is 3.33. The standard InChI is InChI=1S/C19H24N6/c1-13-9-22-19(25-7-3-6-20-10-14(25)2)24-18(13)23-17-5-4-15-11-21-12-16(15)8-17/h4-5,8-9,12,14,20H,3,6-7,10-11H2,1-2H3,(H,22,23,24). The Bertz CT molecular complexity index is 800. The zero-order valence-corrected chi connectivity index (χ0v) is 14.8. The molecule has 4 rings (SSSR count). The molecule has 3 heterocycles. The van der Waals surface area contributed by atoms with Crippen molar-refractivity contribution in [1.82, 2.24) is 15.3 Å². The van der Waals surface area contributed by atoms with E-state index in [0.29, 0.717) is 6.04 Å². The Morgan fingerprint density at radius 3 is 3.16 bits per heavy atom. The second-order valence-electron chi connectivity index (χ2n) is 6.81. The van der Waals surface area contributed by atoms with Crippen molar-refractivity contribution in [2.75, 3.05) is 29.9 Å². The molecule has 2 N–H and O–H groups in total. The molecule has 1 unspecified atom stereocenters. The Balaban J connectivity index is 1.60. The van der Waals surface area contributed by atoms with Crippen LogP contribution in [-0.2, 0) is 6.54 Å². The summed E-state index contributed by atoms with van der Waals surface area (Å²) in [5.74, 6) is 1.66. The number of fused-ring (bicyclic) bond motifs is 1. The highest BCUT2D eigenvalue weighted by atomic mass is 15.3. The Morgan fingerprint density at radius 1 is 1.32 bits per heavy atom. The summed E-state index contributed by atoms with van der Waals surface area (Å²) < 4.78 is 0. The molecule has 0 amide bonds. The van der Waals surface area contributed by atoms with Crippen LogP contribution in [0.25, 0.3) is 0 Å². The van der Waals surface area contributed by atoms with Gasteiger partial charge in [0.05, 0.1) is 6.54 Å². The first kappa shape index (κ1) is 16.0. The van der Waals surface area contributed by atoms with E-state index < -0.39 is 0 Å². The normalized spacial score (nSPS) is 19.6. The summed E-state index contributed by atoms with van der Waals surface area (Å²) in [6.45, 7) is 8.03. The molecule has 1 saturated heterocycles. The molecular weight excluding hydrogens is 312 g/mol. The monoisotopic (exact) mass is 336 g/mol. The molecule has 1 aromatic heterocycles. The van der Waals surface area contributed by atoms with Crippen LogP contribution in [0.2, 0.25) is 0 Å². The number of nitrogens with zero attached hydrogens (tertiary/aromatic N) is 4. The average molecular weight is 336 g/mol. The molecule has 6 heteroatoms. The van der Waals surface area contributed by atoms with Crippen LogP contribution in [0.1, 0.15) is 30.0 Å². The van der Waals surface area contributed by atoms with Crippen molar-refractivity contribution in [1.29, 1.82) is 0 Å². The number of aliphatic imine (C=N–C) groups is 1. The van der Waals surface area contributed by atoms with Crippen LogP contribution in [0.3, 0.4) is 0 Å². The molecule has 0 radical (unpaired) electrons. The van der Waals surface area contributed by atoms with Crippen LogP contribution < -0.4 is 15.5 Å². The van der Waals surface area contributed by atoms with Crippen LogP contribution in [0, 0.1) is 6.92 Å². The van der Waals surface area contributed by atoms with E-state index in [4.69, 9.17) is 4.98 Å². The molecule has 6 nitrogen and oxygen atoms in total. The molecular formula is C19H24N6. The summed E-state index contributed by atoms with van der Waals surface area (Å²) in [5, 5.41) is 6.92. The van der Waals surface area contributed by atoms with E-state index in [0.717, 1.165) is 55.6 Å². The van der Waals surface area contributed by atoms with Crippen molar-refractivity contribution in [2.24, 2.45) is 4.99 Å². The number of benzene rings is 1. The van der Waals surface area contributed by atoms with Gasteiger partial charge in [-0.05, 0) is 50.1 Å². The molecule has 130 valence electrons. The molecule has 1 atom stereocenters. The van der Waals surface area contributed by atoms with E-state index >= 15 is 0 Å². The average Bonchev–Trinajstić information content (AvgIpc) is 2.97. The lowest BCUT2D eigenvalue weighted by Gasteiger charge is -2.27. The smallest absolute Gasteiger partial charge is 0.227 e. The number of nitrogens with one attached hydrogen (secondary N) is 2. The summed E-state index contributed by atoms with van der Waals surface area (Å²) in [4.78, 5) is 16.0.